The molecule has 0 spiro atoms. The molecular weight excluding hydrogens is 138 g/mol. The zero-order chi connectivity index (χ0) is 8.48. The molecule has 1 rings (SSSR count). The van der Waals surface area contributed by atoms with Crippen LogP contribution in [0.4, 0.5) is 0 Å². The second-order valence-corrected chi connectivity index (χ2v) is 3.81. The Labute approximate surface area is 69.7 Å². The molecule has 0 radical (unpaired) electrons. The van der Waals surface area contributed by atoms with Crippen LogP contribution in [0, 0.1) is 0 Å². The van der Waals surface area contributed by atoms with E-state index in [2.05, 4.69) is 27.8 Å². The number of nitrogens with zero attached hydrogens (tertiary/aromatic N) is 1. The first-order chi connectivity index (χ1) is 5.11. The largest absolute Gasteiger partial charge is 0.364 e. The van der Waals surface area contributed by atoms with Gasteiger partial charge in [-0.05, 0) is 20.8 Å². The van der Waals surface area contributed by atoms with E-state index in [0.29, 0.717) is 12.2 Å². The van der Waals surface area contributed by atoms with Crippen LogP contribution < -0.4 is 0 Å². The summed E-state index contributed by atoms with van der Waals surface area (Å²) < 4.78 is 6.55. The Morgan fingerprint density at radius 2 is 1.73 bits per heavy atom. The molecule has 2 heteroatoms. The number of ether oxygens (including phenoxy) is 1. The van der Waals surface area contributed by atoms with Crippen molar-refractivity contribution in [2.45, 2.75) is 33.0 Å². The Bertz CT molecular complexity index is 132. The van der Waals surface area contributed by atoms with Crippen LogP contribution in [0.15, 0.2) is 0 Å². The van der Waals surface area contributed by atoms with Crippen molar-refractivity contribution in [3.05, 3.63) is 0 Å². The van der Waals surface area contributed by atoms with Crippen LogP contribution in [0.5, 0.6) is 0 Å². The minimum Gasteiger partial charge on any atom is -0.364 e. The van der Waals surface area contributed by atoms with Gasteiger partial charge in [-0.25, -0.2) is 0 Å². The van der Waals surface area contributed by atoms with Crippen LogP contribution in [0.1, 0.15) is 20.8 Å². The molecule has 0 aromatic carbocycles. The monoisotopic (exact) mass is 158 g/mol. The normalized spacial score (nSPS) is 30.5. The smallest absolute Gasteiger partial charge is 0.133 e. The maximum absolute atomic E-state index is 5.40. The number of quaternary nitrogens is 1. The summed E-state index contributed by atoms with van der Waals surface area (Å²) in [6.45, 7) is 10.3. The van der Waals surface area contributed by atoms with Gasteiger partial charge in [0.25, 0.3) is 0 Å². The van der Waals surface area contributed by atoms with E-state index in [9.17, 15) is 0 Å². The van der Waals surface area contributed by atoms with Crippen molar-refractivity contribution in [3.8, 4) is 0 Å². The molecule has 66 valence electrons. The third kappa shape index (κ3) is 2.17. The molecule has 0 N–H and O–H groups in total. The third-order valence-corrected chi connectivity index (χ3v) is 2.98. The summed E-state index contributed by atoms with van der Waals surface area (Å²) in [5.41, 5.74) is 0. The summed E-state index contributed by atoms with van der Waals surface area (Å²) in [4.78, 5) is 0. The summed E-state index contributed by atoms with van der Waals surface area (Å²) >= 11 is 0. The summed E-state index contributed by atoms with van der Waals surface area (Å²) in [5.74, 6) is 0. The van der Waals surface area contributed by atoms with Crippen molar-refractivity contribution >= 4 is 0 Å². The predicted molar refractivity (Wildman–Crippen MR) is 46.5 cm³/mol. The first kappa shape index (κ1) is 9.01. The zero-order valence-corrected chi connectivity index (χ0v) is 8.13. The lowest BCUT2D eigenvalue weighted by molar-refractivity contribution is -0.906. The molecule has 0 aliphatic carbocycles. The molecule has 0 aromatic heterocycles. The van der Waals surface area contributed by atoms with Crippen LogP contribution in [-0.4, -0.2) is 43.4 Å². The fourth-order valence-corrected chi connectivity index (χ4v) is 1.34. The molecule has 2 nitrogen and oxygen atoms in total. The zero-order valence-electron chi connectivity index (χ0n) is 8.13. The van der Waals surface area contributed by atoms with Gasteiger partial charge in [-0.15, -0.1) is 0 Å². The van der Waals surface area contributed by atoms with Gasteiger partial charge in [-0.2, -0.15) is 0 Å². The van der Waals surface area contributed by atoms with Crippen LogP contribution in [0.25, 0.3) is 0 Å². The summed E-state index contributed by atoms with van der Waals surface area (Å²) in [6, 6.07) is 0. The Morgan fingerprint density at radius 3 is 2.00 bits per heavy atom. The number of hydrogen-bond acceptors (Lipinski definition) is 1. The van der Waals surface area contributed by atoms with Gasteiger partial charge in [-0.3, -0.25) is 0 Å². The van der Waals surface area contributed by atoms with Crippen LogP contribution in [0.3, 0.4) is 0 Å². The molecule has 0 bridgehead atoms. The molecule has 0 amide bonds. The standard InChI is InChI=1S/C9H20NO/c1-5-10(4,6-2)7-9-8(3)11-9/h8-9H,5-7H2,1-4H3/q+1. The first-order valence-corrected chi connectivity index (χ1v) is 4.60. The summed E-state index contributed by atoms with van der Waals surface area (Å²) in [5, 5.41) is 0. The third-order valence-electron chi connectivity index (χ3n) is 2.98. The lowest BCUT2D eigenvalue weighted by Crippen LogP contribution is -2.46. The van der Waals surface area contributed by atoms with E-state index in [1.807, 2.05) is 0 Å². The molecule has 1 fully saturated rings. The van der Waals surface area contributed by atoms with Crippen molar-refractivity contribution in [1.29, 1.82) is 0 Å². The number of rotatable bonds is 4. The van der Waals surface area contributed by atoms with Gasteiger partial charge in [0.1, 0.15) is 12.6 Å². The highest BCUT2D eigenvalue weighted by Crippen LogP contribution is 2.23. The molecule has 1 saturated heterocycles. The quantitative estimate of drug-likeness (QED) is 0.443. The van der Waals surface area contributed by atoms with Gasteiger partial charge in [-0.1, -0.05) is 0 Å². The minimum absolute atomic E-state index is 0.519. The Morgan fingerprint density at radius 1 is 1.27 bits per heavy atom. The molecule has 1 aliphatic rings. The van der Waals surface area contributed by atoms with Crippen LogP contribution in [0.2, 0.25) is 0 Å². The predicted octanol–water partition coefficient (Wildman–Crippen LogP) is 1.26. The second kappa shape index (κ2) is 3.11. The number of likely N-dealkylation sites (N-methyl/N-ethyl adjacent to an activating group) is 1. The van der Waals surface area contributed by atoms with Gasteiger partial charge in [0.2, 0.25) is 0 Å². The highest BCUT2D eigenvalue weighted by atomic mass is 16.6. The van der Waals surface area contributed by atoms with Crippen molar-refractivity contribution in [2.24, 2.45) is 0 Å². The van der Waals surface area contributed by atoms with Gasteiger partial charge >= 0.3 is 0 Å². The highest BCUT2D eigenvalue weighted by molar-refractivity contribution is 4.79. The average molecular weight is 158 g/mol. The lowest BCUT2D eigenvalue weighted by Gasteiger charge is -2.31. The van der Waals surface area contributed by atoms with Gasteiger partial charge < -0.3 is 9.22 Å². The average Bonchev–Trinajstić information content (AvgIpc) is 2.66. The van der Waals surface area contributed by atoms with Crippen molar-refractivity contribution in [2.75, 3.05) is 26.7 Å². The van der Waals surface area contributed by atoms with Gasteiger partial charge in [0.15, 0.2) is 0 Å². The SMILES string of the molecule is CC[N+](C)(CC)CC1OC1C. The first-order valence-electron chi connectivity index (χ1n) is 4.60. The summed E-state index contributed by atoms with van der Waals surface area (Å²) in [6.07, 6.45) is 1.06. The highest BCUT2D eigenvalue weighted by Gasteiger charge is 2.40. The number of epoxide rings is 1. The van der Waals surface area contributed by atoms with Crippen molar-refractivity contribution < 1.29 is 9.22 Å². The fraction of sp³-hybridized carbons (Fsp3) is 1.00. The lowest BCUT2D eigenvalue weighted by atomic mass is 10.3. The Balaban J connectivity index is 2.32. The molecule has 11 heavy (non-hydrogen) atoms. The van der Waals surface area contributed by atoms with Gasteiger partial charge in [0, 0.05) is 0 Å². The molecule has 2 unspecified atom stereocenters. The van der Waals surface area contributed by atoms with E-state index in [0.717, 1.165) is 4.48 Å². The molecule has 0 saturated carbocycles. The molecule has 2 atom stereocenters. The van der Waals surface area contributed by atoms with Crippen LogP contribution >= 0.6 is 0 Å². The van der Waals surface area contributed by atoms with E-state index >= 15 is 0 Å². The Kier molecular flexibility index (Phi) is 2.55. The maximum atomic E-state index is 5.40. The maximum Gasteiger partial charge on any atom is 0.133 e. The van der Waals surface area contributed by atoms with Crippen LogP contribution in [-0.2, 0) is 4.74 Å². The van der Waals surface area contributed by atoms with Crippen molar-refractivity contribution in [3.63, 3.8) is 0 Å². The number of hydrogen-bond donors (Lipinski definition) is 0. The molecule has 1 aliphatic heterocycles. The van der Waals surface area contributed by atoms with E-state index in [-0.39, 0.29) is 0 Å². The topological polar surface area (TPSA) is 12.5 Å². The van der Waals surface area contributed by atoms with Crippen molar-refractivity contribution in [1.82, 2.24) is 0 Å². The second-order valence-electron chi connectivity index (χ2n) is 3.81. The van der Waals surface area contributed by atoms with E-state index in [4.69, 9.17) is 4.74 Å². The van der Waals surface area contributed by atoms with E-state index in [1.54, 1.807) is 0 Å². The molecular formula is C9H20NO+. The molecule has 1 heterocycles. The summed E-state index contributed by atoms with van der Waals surface area (Å²) in [7, 11) is 2.30. The Hall–Kier alpha value is -0.0800. The molecule has 0 aromatic rings. The van der Waals surface area contributed by atoms with E-state index < -0.39 is 0 Å². The fourth-order valence-electron chi connectivity index (χ4n) is 1.34. The minimum atomic E-state index is 0.519. The van der Waals surface area contributed by atoms with E-state index in [1.165, 1.54) is 19.6 Å². The van der Waals surface area contributed by atoms with Gasteiger partial charge in [0.05, 0.1) is 26.2 Å².